The standard InChI is InChI=1S/C12H14O2S/c1-2-15-9-11-5-3-10(4-6-11)7-8-12(13)14/h3-8H,2,9H2,1H3,(H,13,14)/b8-7+. The third-order valence-corrected chi connectivity index (χ3v) is 2.82. The predicted molar refractivity (Wildman–Crippen MR) is 64.9 cm³/mol. The van der Waals surface area contributed by atoms with Crippen LogP contribution < -0.4 is 0 Å². The van der Waals surface area contributed by atoms with E-state index in [1.807, 2.05) is 36.0 Å². The first-order valence-corrected chi connectivity index (χ1v) is 5.95. The van der Waals surface area contributed by atoms with Crippen LogP contribution in [-0.4, -0.2) is 16.8 Å². The first kappa shape index (κ1) is 11.9. The lowest BCUT2D eigenvalue weighted by Gasteiger charge is -1.99. The van der Waals surface area contributed by atoms with Gasteiger partial charge >= 0.3 is 5.97 Å². The Morgan fingerprint density at radius 3 is 2.60 bits per heavy atom. The molecule has 1 aromatic carbocycles. The maximum absolute atomic E-state index is 10.3. The van der Waals surface area contributed by atoms with Crippen molar-refractivity contribution in [2.24, 2.45) is 0 Å². The van der Waals surface area contributed by atoms with Crippen molar-refractivity contribution in [3.05, 3.63) is 41.5 Å². The van der Waals surface area contributed by atoms with Gasteiger partial charge in [0.15, 0.2) is 0 Å². The zero-order chi connectivity index (χ0) is 11.1. The van der Waals surface area contributed by atoms with Crippen LogP contribution in [0.4, 0.5) is 0 Å². The molecule has 0 aliphatic heterocycles. The molecule has 0 bridgehead atoms. The lowest BCUT2D eigenvalue weighted by atomic mass is 10.1. The van der Waals surface area contributed by atoms with Gasteiger partial charge in [-0.2, -0.15) is 11.8 Å². The van der Waals surface area contributed by atoms with Gasteiger partial charge in [0.05, 0.1) is 0 Å². The second-order valence-electron chi connectivity index (χ2n) is 3.05. The van der Waals surface area contributed by atoms with Crippen molar-refractivity contribution in [3.63, 3.8) is 0 Å². The highest BCUT2D eigenvalue weighted by molar-refractivity contribution is 7.98. The van der Waals surface area contributed by atoms with Gasteiger partial charge in [-0.25, -0.2) is 4.79 Å². The zero-order valence-electron chi connectivity index (χ0n) is 8.64. The number of carboxylic acids is 1. The van der Waals surface area contributed by atoms with Gasteiger partial charge in [-0.05, 0) is 23.0 Å². The Bertz CT molecular complexity index is 341. The monoisotopic (exact) mass is 222 g/mol. The van der Waals surface area contributed by atoms with Crippen LogP contribution in [0.25, 0.3) is 6.08 Å². The molecule has 3 heteroatoms. The summed E-state index contributed by atoms with van der Waals surface area (Å²) in [5.41, 5.74) is 2.19. The number of thioether (sulfide) groups is 1. The van der Waals surface area contributed by atoms with Crippen molar-refractivity contribution in [3.8, 4) is 0 Å². The fourth-order valence-electron chi connectivity index (χ4n) is 1.11. The molecule has 1 rings (SSSR count). The number of aliphatic carboxylic acids is 1. The van der Waals surface area contributed by atoms with Crippen molar-refractivity contribution < 1.29 is 9.90 Å². The summed E-state index contributed by atoms with van der Waals surface area (Å²) in [5.74, 6) is 1.21. The Hall–Kier alpha value is -1.22. The van der Waals surface area contributed by atoms with Crippen LogP contribution in [0.1, 0.15) is 18.1 Å². The van der Waals surface area contributed by atoms with Crippen LogP contribution in [-0.2, 0) is 10.5 Å². The minimum atomic E-state index is -0.916. The molecule has 0 aliphatic rings. The van der Waals surface area contributed by atoms with Crippen molar-refractivity contribution in [1.29, 1.82) is 0 Å². The summed E-state index contributed by atoms with van der Waals surface area (Å²) in [6.07, 6.45) is 2.74. The largest absolute Gasteiger partial charge is 0.478 e. The topological polar surface area (TPSA) is 37.3 Å². The maximum atomic E-state index is 10.3. The Morgan fingerprint density at radius 2 is 2.07 bits per heavy atom. The molecular weight excluding hydrogens is 208 g/mol. The van der Waals surface area contributed by atoms with E-state index in [4.69, 9.17) is 5.11 Å². The van der Waals surface area contributed by atoms with Gasteiger partial charge in [0.1, 0.15) is 0 Å². The lowest BCUT2D eigenvalue weighted by Crippen LogP contribution is -1.86. The highest BCUT2D eigenvalue weighted by Crippen LogP contribution is 2.13. The molecule has 0 radical (unpaired) electrons. The summed E-state index contributed by atoms with van der Waals surface area (Å²) in [6.45, 7) is 2.13. The Balaban J connectivity index is 2.60. The smallest absolute Gasteiger partial charge is 0.328 e. The van der Waals surface area contributed by atoms with E-state index in [1.54, 1.807) is 6.08 Å². The number of benzene rings is 1. The summed E-state index contributed by atoms with van der Waals surface area (Å²) in [6, 6.07) is 7.93. The van der Waals surface area contributed by atoms with Gasteiger partial charge in [-0.3, -0.25) is 0 Å². The average molecular weight is 222 g/mol. The molecule has 0 aliphatic carbocycles. The van der Waals surface area contributed by atoms with Crippen molar-refractivity contribution in [2.75, 3.05) is 5.75 Å². The van der Waals surface area contributed by atoms with Crippen LogP contribution in [0.3, 0.4) is 0 Å². The van der Waals surface area contributed by atoms with Gasteiger partial charge in [0.25, 0.3) is 0 Å². The number of carboxylic acid groups (broad SMARTS) is 1. The van der Waals surface area contributed by atoms with Gasteiger partial charge in [0.2, 0.25) is 0 Å². The Morgan fingerprint density at radius 1 is 1.40 bits per heavy atom. The zero-order valence-corrected chi connectivity index (χ0v) is 9.46. The van der Waals surface area contributed by atoms with Crippen molar-refractivity contribution >= 4 is 23.8 Å². The number of hydrogen-bond acceptors (Lipinski definition) is 2. The maximum Gasteiger partial charge on any atom is 0.328 e. The minimum absolute atomic E-state index is 0.916. The molecular formula is C12H14O2S. The molecule has 0 fully saturated rings. The molecule has 0 saturated carbocycles. The summed E-state index contributed by atoms with van der Waals surface area (Å²) in [4.78, 5) is 10.3. The van der Waals surface area contributed by atoms with Crippen LogP contribution in [0, 0.1) is 0 Å². The highest BCUT2D eigenvalue weighted by atomic mass is 32.2. The van der Waals surface area contributed by atoms with E-state index in [1.165, 1.54) is 5.56 Å². The highest BCUT2D eigenvalue weighted by Gasteiger charge is 1.93. The van der Waals surface area contributed by atoms with Crippen LogP contribution >= 0.6 is 11.8 Å². The molecule has 0 atom stereocenters. The molecule has 0 spiro atoms. The Labute approximate surface area is 94.0 Å². The second-order valence-corrected chi connectivity index (χ2v) is 4.32. The number of carbonyl (C=O) groups is 1. The van der Waals surface area contributed by atoms with Crippen LogP contribution in [0.15, 0.2) is 30.3 Å². The molecule has 0 amide bonds. The van der Waals surface area contributed by atoms with Gasteiger partial charge in [-0.15, -0.1) is 0 Å². The Kier molecular flexibility index (Phi) is 4.98. The molecule has 0 unspecified atom stereocenters. The summed E-state index contributed by atoms with van der Waals surface area (Å²) in [7, 11) is 0. The first-order chi connectivity index (χ1) is 7.22. The van der Waals surface area contributed by atoms with E-state index in [-0.39, 0.29) is 0 Å². The number of rotatable bonds is 5. The molecule has 0 aromatic heterocycles. The number of hydrogen-bond donors (Lipinski definition) is 1. The normalized spacial score (nSPS) is 10.7. The molecule has 0 heterocycles. The lowest BCUT2D eigenvalue weighted by molar-refractivity contribution is -0.131. The van der Waals surface area contributed by atoms with Crippen molar-refractivity contribution in [1.82, 2.24) is 0 Å². The molecule has 2 nitrogen and oxygen atoms in total. The quantitative estimate of drug-likeness (QED) is 0.778. The second kappa shape index (κ2) is 6.30. The van der Waals surface area contributed by atoms with Gasteiger partial charge in [-0.1, -0.05) is 31.2 Å². The fraction of sp³-hybridized carbons (Fsp3) is 0.250. The van der Waals surface area contributed by atoms with Gasteiger partial charge < -0.3 is 5.11 Å². The third kappa shape index (κ3) is 4.70. The van der Waals surface area contributed by atoms with E-state index in [9.17, 15) is 4.79 Å². The van der Waals surface area contributed by atoms with E-state index in [0.717, 1.165) is 23.1 Å². The SMILES string of the molecule is CCSCc1ccc(/C=C/C(=O)O)cc1. The van der Waals surface area contributed by atoms with E-state index >= 15 is 0 Å². The molecule has 1 aromatic rings. The summed E-state index contributed by atoms with van der Waals surface area (Å²) < 4.78 is 0. The van der Waals surface area contributed by atoms with E-state index < -0.39 is 5.97 Å². The van der Waals surface area contributed by atoms with E-state index in [0.29, 0.717) is 0 Å². The van der Waals surface area contributed by atoms with E-state index in [2.05, 4.69) is 6.92 Å². The first-order valence-electron chi connectivity index (χ1n) is 4.80. The molecule has 0 saturated heterocycles. The van der Waals surface area contributed by atoms with Crippen molar-refractivity contribution in [2.45, 2.75) is 12.7 Å². The average Bonchev–Trinajstić information content (AvgIpc) is 2.25. The van der Waals surface area contributed by atoms with Crippen LogP contribution in [0.2, 0.25) is 0 Å². The molecule has 1 N–H and O–H groups in total. The molecule has 80 valence electrons. The predicted octanol–water partition coefficient (Wildman–Crippen LogP) is 3.04. The third-order valence-electron chi connectivity index (χ3n) is 1.87. The summed E-state index contributed by atoms with van der Waals surface area (Å²) >= 11 is 1.87. The fourth-order valence-corrected chi connectivity index (χ4v) is 1.74. The summed E-state index contributed by atoms with van der Waals surface area (Å²) in [5, 5.41) is 8.46. The minimum Gasteiger partial charge on any atom is -0.478 e. The molecule has 15 heavy (non-hydrogen) atoms. The van der Waals surface area contributed by atoms with Crippen LogP contribution in [0.5, 0.6) is 0 Å². The van der Waals surface area contributed by atoms with Gasteiger partial charge in [0, 0.05) is 11.8 Å².